The summed E-state index contributed by atoms with van der Waals surface area (Å²) in [6.07, 6.45) is 1.41. The van der Waals surface area contributed by atoms with Gasteiger partial charge in [0.1, 0.15) is 5.53 Å². The van der Waals surface area contributed by atoms with Gasteiger partial charge in [0.25, 0.3) is 5.69 Å². The van der Waals surface area contributed by atoms with Crippen LogP contribution in [0.15, 0.2) is 34.5 Å². The number of nitrogens with zero attached hydrogens (tertiary/aromatic N) is 7. The van der Waals surface area contributed by atoms with Crippen molar-refractivity contribution in [1.29, 1.82) is 5.53 Å². The van der Waals surface area contributed by atoms with Gasteiger partial charge in [-0.25, -0.2) is 0 Å². The van der Waals surface area contributed by atoms with Crippen molar-refractivity contribution in [2.45, 2.75) is 6.92 Å². The fraction of sp³-hybridized carbons (Fsp3) is 0.100. The van der Waals surface area contributed by atoms with Gasteiger partial charge >= 0.3 is 5.95 Å². The van der Waals surface area contributed by atoms with Crippen LogP contribution in [-0.4, -0.2) is 26.0 Å². The number of aromatic nitrogens is 3. The Bertz CT molecular complexity index is 729. The molecular formula is C10H9N8O2+. The zero-order chi connectivity index (χ0) is 14.5. The average Bonchev–Trinajstić information content (AvgIpc) is 2.78. The third-order valence-corrected chi connectivity index (χ3v) is 2.32. The lowest BCUT2D eigenvalue weighted by molar-refractivity contribution is -0.384. The first kappa shape index (κ1) is 13.2. The first-order chi connectivity index (χ1) is 9.61. The van der Waals surface area contributed by atoms with Crippen LogP contribution in [0, 0.1) is 22.6 Å². The summed E-state index contributed by atoms with van der Waals surface area (Å²) in [7, 11) is 0. The summed E-state index contributed by atoms with van der Waals surface area (Å²) in [6.45, 7) is 1.65. The molecule has 20 heavy (non-hydrogen) atoms. The summed E-state index contributed by atoms with van der Waals surface area (Å²) in [4.78, 5) is 13.0. The molecule has 0 radical (unpaired) electrons. The fourth-order valence-electron chi connectivity index (χ4n) is 1.43. The van der Waals surface area contributed by atoms with Crippen molar-refractivity contribution in [3.05, 3.63) is 45.8 Å². The molecule has 0 saturated heterocycles. The maximum atomic E-state index is 10.7. The van der Waals surface area contributed by atoms with Gasteiger partial charge in [-0.05, 0) is 6.92 Å². The molecule has 0 spiro atoms. The van der Waals surface area contributed by atoms with Gasteiger partial charge in [-0.2, -0.15) is 9.78 Å². The summed E-state index contributed by atoms with van der Waals surface area (Å²) in [5.41, 5.74) is 7.18. The summed E-state index contributed by atoms with van der Waals surface area (Å²) < 4.78 is 1.27. The molecule has 1 aromatic heterocycles. The molecule has 2 aromatic rings. The fourth-order valence-corrected chi connectivity index (χ4v) is 1.43. The third-order valence-electron chi connectivity index (χ3n) is 2.32. The summed E-state index contributed by atoms with van der Waals surface area (Å²) in [6, 6.07) is 6.00. The maximum Gasteiger partial charge on any atom is 0.358 e. The lowest BCUT2D eigenvalue weighted by Crippen LogP contribution is -1.94. The molecule has 0 atom stereocenters. The SMILES string of the molecule is Cc1nnc(N=[N+]=N)n1/N=C/c1cccc([N+](=O)[O-])c1. The number of nitro groups is 1. The molecule has 10 heteroatoms. The topological polar surface area (TPSA) is 137 Å². The minimum atomic E-state index is -0.485. The van der Waals surface area contributed by atoms with Crippen molar-refractivity contribution in [2.24, 2.45) is 10.2 Å². The Hall–Kier alpha value is -3.26. The van der Waals surface area contributed by atoms with Crippen LogP contribution in [-0.2, 0) is 0 Å². The highest BCUT2D eigenvalue weighted by Gasteiger charge is 2.11. The van der Waals surface area contributed by atoms with E-state index in [0.29, 0.717) is 11.4 Å². The van der Waals surface area contributed by atoms with E-state index in [1.807, 2.05) is 0 Å². The minimum Gasteiger partial charge on any atom is -0.258 e. The summed E-state index contributed by atoms with van der Waals surface area (Å²) in [5, 5.41) is 25.6. The Morgan fingerprint density at radius 1 is 1.50 bits per heavy atom. The second-order valence-electron chi connectivity index (χ2n) is 3.66. The molecule has 100 valence electrons. The Kier molecular flexibility index (Phi) is 3.68. The molecule has 1 heterocycles. The summed E-state index contributed by atoms with van der Waals surface area (Å²) >= 11 is 0. The van der Waals surface area contributed by atoms with Crippen LogP contribution in [0.2, 0.25) is 0 Å². The van der Waals surface area contributed by atoms with Gasteiger partial charge in [-0.1, -0.05) is 12.1 Å². The van der Waals surface area contributed by atoms with E-state index in [2.05, 4.69) is 25.3 Å². The lowest BCUT2D eigenvalue weighted by Gasteiger charge is -1.95. The van der Waals surface area contributed by atoms with Crippen LogP contribution in [0.1, 0.15) is 11.4 Å². The van der Waals surface area contributed by atoms with E-state index in [4.69, 9.17) is 5.53 Å². The molecule has 10 nitrogen and oxygen atoms in total. The second kappa shape index (κ2) is 5.59. The van der Waals surface area contributed by atoms with Crippen LogP contribution in [0.5, 0.6) is 0 Å². The number of aryl methyl sites for hydroxylation is 1. The Morgan fingerprint density at radius 2 is 2.30 bits per heavy atom. The highest BCUT2D eigenvalue weighted by Crippen LogP contribution is 2.13. The van der Waals surface area contributed by atoms with Crippen LogP contribution < -0.4 is 4.91 Å². The van der Waals surface area contributed by atoms with Gasteiger partial charge in [0.2, 0.25) is 10.0 Å². The number of rotatable bonds is 4. The molecule has 0 amide bonds. The highest BCUT2D eigenvalue weighted by atomic mass is 16.6. The molecule has 1 N–H and O–H groups in total. The smallest absolute Gasteiger partial charge is 0.258 e. The van der Waals surface area contributed by atoms with Crippen molar-refractivity contribution in [1.82, 2.24) is 19.8 Å². The van der Waals surface area contributed by atoms with Crippen LogP contribution >= 0.6 is 0 Å². The van der Waals surface area contributed by atoms with Crippen LogP contribution in [0.3, 0.4) is 0 Å². The zero-order valence-electron chi connectivity index (χ0n) is 10.3. The van der Waals surface area contributed by atoms with E-state index in [1.165, 1.54) is 23.0 Å². The standard InChI is InChI=1S/C10H9N8O2/c1-7-13-14-10(15-16-11)17(7)12-6-8-3-2-4-9(5-8)18(19)20/h2-6,11H,1H3/q+1/b12-6+. The van der Waals surface area contributed by atoms with Gasteiger partial charge < -0.3 is 0 Å². The molecule has 0 aliphatic rings. The Balaban J connectivity index is 2.34. The Labute approximate surface area is 112 Å². The first-order valence-electron chi connectivity index (χ1n) is 5.40. The van der Waals surface area contributed by atoms with Crippen molar-refractivity contribution >= 4 is 17.9 Å². The minimum absolute atomic E-state index is 0.0273. The van der Waals surface area contributed by atoms with Crippen molar-refractivity contribution in [2.75, 3.05) is 0 Å². The molecule has 0 saturated carbocycles. The van der Waals surface area contributed by atoms with Gasteiger partial charge in [-0.3, -0.25) is 10.1 Å². The van der Waals surface area contributed by atoms with Crippen LogP contribution in [0.4, 0.5) is 11.6 Å². The van der Waals surface area contributed by atoms with Gasteiger partial charge in [-0.15, -0.1) is 10.2 Å². The number of nitrogens with one attached hydrogen (secondary N) is 1. The van der Waals surface area contributed by atoms with Gasteiger partial charge in [0.05, 0.1) is 11.1 Å². The normalized spacial score (nSPS) is 10.4. The first-order valence-corrected chi connectivity index (χ1v) is 5.40. The predicted octanol–water partition coefficient (Wildman–Crippen LogP) is 1.56. The van der Waals surface area contributed by atoms with Crippen molar-refractivity contribution < 1.29 is 4.92 Å². The van der Waals surface area contributed by atoms with Crippen molar-refractivity contribution in [3.63, 3.8) is 0 Å². The number of benzene rings is 1. The number of hydrogen-bond acceptors (Lipinski definition) is 7. The predicted molar refractivity (Wildman–Crippen MR) is 67.8 cm³/mol. The molecule has 0 aliphatic carbocycles. The molecule has 0 unspecified atom stereocenters. The average molecular weight is 273 g/mol. The van der Waals surface area contributed by atoms with E-state index in [1.54, 1.807) is 19.1 Å². The lowest BCUT2D eigenvalue weighted by atomic mass is 10.2. The van der Waals surface area contributed by atoms with E-state index in [0.717, 1.165) is 0 Å². The molecule has 0 aliphatic heterocycles. The molecule has 0 fully saturated rings. The maximum absolute atomic E-state index is 10.7. The van der Waals surface area contributed by atoms with E-state index in [-0.39, 0.29) is 11.6 Å². The monoisotopic (exact) mass is 273 g/mol. The van der Waals surface area contributed by atoms with Gasteiger partial charge in [0, 0.05) is 17.7 Å². The third kappa shape index (κ3) is 2.76. The molecule has 2 rings (SSSR count). The van der Waals surface area contributed by atoms with Crippen LogP contribution in [0.25, 0.3) is 0 Å². The number of nitro benzene ring substituents is 1. The molecule has 1 aromatic carbocycles. The Morgan fingerprint density at radius 3 is 3.00 bits per heavy atom. The zero-order valence-corrected chi connectivity index (χ0v) is 10.3. The molecule has 0 bridgehead atoms. The quantitative estimate of drug-likeness (QED) is 0.297. The second-order valence-corrected chi connectivity index (χ2v) is 3.66. The largest absolute Gasteiger partial charge is 0.358 e. The highest BCUT2D eigenvalue weighted by molar-refractivity contribution is 5.80. The number of non-ortho nitro benzene ring substituents is 1. The van der Waals surface area contributed by atoms with E-state index < -0.39 is 4.92 Å². The van der Waals surface area contributed by atoms with Gasteiger partial charge in [0.15, 0.2) is 5.82 Å². The number of hydrogen-bond donors (Lipinski definition) is 1. The summed E-state index contributed by atoms with van der Waals surface area (Å²) in [5.74, 6) is 0.508. The molecular weight excluding hydrogens is 264 g/mol. The van der Waals surface area contributed by atoms with E-state index in [9.17, 15) is 10.1 Å². The van der Waals surface area contributed by atoms with Crippen molar-refractivity contribution in [3.8, 4) is 0 Å². The van der Waals surface area contributed by atoms with E-state index >= 15 is 0 Å².